The fraction of sp³-hybridized carbons (Fsp3) is 0.455. The maximum atomic E-state index is 12.7. The maximum absolute atomic E-state index is 12.7. The van der Waals surface area contributed by atoms with Gasteiger partial charge in [-0.1, -0.05) is 41.4 Å². The summed E-state index contributed by atoms with van der Waals surface area (Å²) in [7, 11) is 0. The molecule has 5 rings (SSSR count). The van der Waals surface area contributed by atoms with Crippen molar-refractivity contribution in [1.29, 1.82) is 0 Å². The van der Waals surface area contributed by atoms with Crippen molar-refractivity contribution in [2.75, 3.05) is 36.8 Å². The zero-order valence-corrected chi connectivity index (χ0v) is 27.2. The molecule has 1 unspecified atom stereocenters. The summed E-state index contributed by atoms with van der Waals surface area (Å²) < 4.78 is 38.1. The van der Waals surface area contributed by atoms with Gasteiger partial charge in [0.25, 0.3) is 10.9 Å². The second-order valence-electron chi connectivity index (χ2n) is 12.5. The van der Waals surface area contributed by atoms with Gasteiger partial charge in [-0.15, -0.1) is 0 Å². The minimum Gasteiger partial charge on any atom is -0.506 e. The lowest BCUT2D eigenvalue weighted by Crippen LogP contribution is -2.57. The van der Waals surface area contributed by atoms with E-state index in [1.54, 1.807) is 24.3 Å². The van der Waals surface area contributed by atoms with E-state index in [2.05, 4.69) is 21.7 Å². The first kappa shape index (κ1) is 34.3. The van der Waals surface area contributed by atoms with Gasteiger partial charge < -0.3 is 21.5 Å². The number of benzene rings is 2. The predicted molar refractivity (Wildman–Crippen MR) is 177 cm³/mol. The van der Waals surface area contributed by atoms with Gasteiger partial charge in [-0.2, -0.15) is 13.2 Å². The Labute approximate surface area is 275 Å². The average Bonchev–Trinajstić information content (AvgIpc) is 2.98. The summed E-state index contributed by atoms with van der Waals surface area (Å²) in [5, 5.41) is 15.5. The molecule has 5 N–H and O–H groups in total. The van der Waals surface area contributed by atoms with E-state index in [0.717, 1.165) is 61.3 Å². The quantitative estimate of drug-likeness (QED) is 0.155. The van der Waals surface area contributed by atoms with Crippen LogP contribution in [-0.4, -0.2) is 59.5 Å². The largest absolute Gasteiger partial charge is 0.506 e. The summed E-state index contributed by atoms with van der Waals surface area (Å²) >= 11 is 12.8. The van der Waals surface area contributed by atoms with Crippen LogP contribution in [0, 0.1) is 12.8 Å². The van der Waals surface area contributed by atoms with Crippen LogP contribution < -0.4 is 27.2 Å². The summed E-state index contributed by atoms with van der Waals surface area (Å²) in [5.74, 6) is 0.151. The number of phenols is 1. The van der Waals surface area contributed by atoms with Crippen LogP contribution >= 0.6 is 23.2 Å². The van der Waals surface area contributed by atoms with Gasteiger partial charge >= 0.3 is 6.18 Å². The van der Waals surface area contributed by atoms with E-state index in [9.17, 15) is 27.9 Å². The van der Waals surface area contributed by atoms with Gasteiger partial charge in [0, 0.05) is 29.8 Å². The number of anilines is 3. The molecule has 0 aromatic heterocycles. The molecular weight excluding hydrogens is 642 g/mol. The SMILES string of the molecule is C=C(C)[C@H]1CN(C2CCN(Cc3ccc(Cl)c(O)c3)CC2)[C@H](N)CC1c1c(C)cc(Nc2c(NCC(F)(F)F)c(=O)c2=O)cc1Cl. The third kappa shape index (κ3) is 7.39. The van der Waals surface area contributed by atoms with Gasteiger partial charge in [0.1, 0.15) is 23.7 Å². The number of hydrogen-bond acceptors (Lipinski definition) is 8. The van der Waals surface area contributed by atoms with Crippen molar-refractivity contribution in [3.8, 4) is 5.75 Å². The third-order valence-corrected chi connectivity index (χ3v) is 9.88. The third-order valence-electron chi connectivity index (χ3n) is 9.24. The first-order valence-electron chi connectivity index (χ1n) is 15.2. The molecule has 46 heavy (non-hydrogen) atoms. The van der Waals surface area contributed by atoms with E-state index < -0.39 is 29.3 Å². The summed E-state index contributed by atoms with van der Waals surface area (Å²) in [6, 6.07) is 9.06. The zero-order valence-electron chi connectivity index (χ0n) is 25.7. The number of phenolic OH excluding ortho intramolecular Hbond substituents is 1. The molecule has 0 bridgehead atoms. The lowest BCUT2D eigenvalue weighted by molar-refractivity contribution is -0.115. The Kier molecular flexibility index (Phi) is 10.1. The number of likely N-dealkylation sites (tertiary alicyclic amines) is 2. The Balaban J connectivity index is 1.27. The van der Waals surface area contributed by atoms with Gasteiger partial charge in [0.2, 0.25) is 0 Å². The Morgan fingerprint density at radius 1 is 1.09 bits per heavy atom. The minimum absolute atomic E-state index is 0.0156. The first-order valence-corrected chi connectivity index (χ1v) is 16.0. The van der Waals surface area contributed by atoms with Gasteiger partial charge in [-0.25, -0.2) is 0 Å². The monoisotopic (exact) mass is 679 g/mol. The molecule has 248 valence electrons. The number of nitrogens with zero attached hydrogens (tertiary/aromatic N) is 2. The molecule has 0 aliphatic carbocycles. The smallest absolute Gasteiger partial charge is 0.405 e. The van der Waals surface area contributed by atoms with E-state index in [1.165, 1.54) is 0 Å². The molecule has 0 spiro atoms. The number of nitrogens with two attached hydrogens (primary N) is 1. The molecule has 3 aromatic rings. The molecule has 2 saturated heterocycles. The van der Waals surface area contributed by atoms with E-state index in [-0.39, 0.29) is 29.4 Å². The Morgan fingerprint density at radius 3 is 2.37 bits per heavy atom. The van der Waals surface area contributed by atoms with Crippen molar-refractivity contribution in [3.63, 3.8) is 0 Å². The van der Waals surface area contributed by atoms with Crippen molar-refractivity contribution in [1.82, 2.24) is 9.80 Å². The first-order chi connectivity index (χ1) is 21.6. The summed E-state index contributed by atoms with van der Waals surface area (Å²) in [6.45, 7) is 10.0. The highest BCUT2D eigenvalue weighted by Gasteiger charge is 2.40. The highest BCUT2D eigenvalue weighted by atomic mass is 35.5. The molecule has 2 aliphatic rings. The topological polar surface area (TPSA) is 111 Å². The van der Waals surface area contributed by atoms with Crippen LogP contribution in [0.1, 0.15) is 48.8 Å². The van der Waals surface area contributed by atoms with Gasteiger partial charge in [0.15, 0.2) is 0 Å². The summed E-state index contributed by atoms with van der Waals surface area (Å²) in [5.41, 5.74) is 8.50. The van der Waals surface area contributed by atoms with Crippen LogP contribution in [0.25, 0.3) is 0 Å². The summed E-state index contributed by atoms with van der Waals surface area (Å²) in [6.07, 6.45) is -2.19. The number of aryl methyl sites for hydroxylation is 1. The van der Waals surface area contributed by atoms with Gasteiger partial charge in [-0.05, 0) is 99.0 Å². The average molecular weight is 681 g/mol. The van der Waals surface area contributed by atoms with E-state index in [0.29, 0.717) is 28.2 Å². The minimum atomic E-state index is -4.55. The van der Waals surface area contributed by atoms with Crippen LogP contribution in [0.15, 0.2) is 52.1 Å². The Morgan fingerprint density at radius 2 is 1.76 bits per heavy atom. The van der Waals surface area contributed by atoms with E-state index in [1.807, 2.05) is 25.2 Å². The van der Waals surface area contributed by atoms with Crippen molar-refractivity contribution < 1.29 is 18.3 Å². The van der Waals surface area contributed by atoms with Crippen molar-refractivity contribution in [2.24, 2.45) is 11.7 Å². The normalized spacial score (nSPS) is 21.9. The highest BCUT2D eigenvalue weighted by molar-refractivity contribution is 6.32. The predicted octanol–water partition coefficient (Wildman–Crippen LogP) is 6.25. The fourth-order valence-corrected chi connectivity index (χ4v) is 7.45. The number of alkyl halides is 3. The fourth-order valence-electron chi connectivity index (χ4n) is 6.92. The molecule has 2 aliphatic heterocycles. The van der Waals surface area contributed by atoms with Crippen molar-refractivity contribution in [2.45, 2.75) is 64.0 Å². The van der Waals surface area contributed by atoms with Crippen molar-refractivity contribution in [3.05, 3.63) is 89.7 Å². The molecule has 3 atom stereocenters. The number of hydrogen-bond donors (Lipinski definition) is 4. The lowest BCUT2D eigenvalue weighted by atomic mass is 9.74. The standard InChI is InChI=1S/C33H38Cl2F3N5O3/c1-17(2)23-15-43(21-6-8-42(9-7-21)14-19-4-5-24(34)26(44)11-19)27(39)13-22(23)28-18(3)10-20(12-25(28)35)41-30-29(31(45)32(30)46)40-16-33(36,37)38/h4-5,10-12,21-23,27,40-41,44H,1,6-9,13-16,39H2,2-3H3/t22?,23-,27+/m1/s1. The molecule has 2 fully saturated rings. The van der Waals surface area contributed by atoms with E-state index in [4.69, 9.17) is 28.9 Å². The number of piperidine rings is 2. The second-order valence-corrected chi connectivity index (χ2v) is 13.4. The van der Waals surface area contributed by atoms with Crippen LogP contribution in [0.3, 0.4) is 0 Å². The van der Waals surface area contributed by atoms with Crippen LogP contribution in [0.2, 0.25) is 10.0 Å². The number of halogens is 5. The molecule has 0 amide bonds. The second kappa shape index (κ2) is 13.6. The molecule has 0 radical (unpaired) electrons. The van der Waals surface area contributed by atoms with Crippen LogP contribution in [0.4, 0.5) is 30.2 Å². The Hall–Kier alpha value is -3.09. The molecule has 8 nitrogen and oxygen atoms in total. The number of rotatable bonds is 9. The molecule has 2 heterocycles. The van der Waals surface area contributed by atoms with Gasteiger partial charge in [0.05, 0.1) is 11.2 Å². The van der Waals surface area contributed by atoms with Crippen molar-refractivity contribution >= 4 is 40.3 Å². The van der Waals surface area contributed by atoms with Crippen LogP contribution in [0.5, 0.6) is 5.75 Å². The van der Waals surface area contributed by atoms with Crippen LogP contribution in [-0.2, 0) is 6.54 Å². The molecule has 0 saturated carbocycles. The molecule has 13 heteroatoms. The summed E-state index contributed by atoms with van der Waals surface area (Å²) in [4.78, 5) is 28.8. The Bertz CT molecular complexity index is 1660. The lowest BCUT2D eigenvalue weighted by Gasteiger charge is -2.49. The zero-order chi connectivity index (χ0) is 33.5. The van der Waals surface area contributed by atoms with E-state index >= 15 is 0 Å². The highest BCUT2D eigenvalue weighted by Crippen LogP contribution is 2.44. The maximum Gasteiger partial charge on any atom is 0.405 e. The number of nitrogens with one attached hydrogen (secondary N) is 2. The van der Waals surface area contributed by atoms with Gasteiger partial charge in [-0.3, -0.25) is 19.4 Å². The number of aromatic hydroxyl groups is 1. The molecular formula is C33H38Cl2F3N5O3. The molecule has 3 aromatic carbocycles.